The third-order valence-corrected chi connectivity index (χ3v) is 5.86. The van der Waals surface area contributed by atoms with Crippen LogP contribution in [-0.2, 0) is 16.1 Å². The molecule has 1 amide bonds. The fourth-order valence-electron chi connectivity index (χ4n) is 2.95. The molecule has 10 heteroatoms. The molecule has 1 unspecified atom stereocenters. The summed E-state index contributed by atoms with van der Waals surface area (Å²) in [6, 6.07) is 6.05. The van der Waals surface area contributed by atoms with Crippen LogP contribution in [0.4, 0.5) is 0 Å². The number of thioether (sulfide) groups is 1. The molecule has 0 saturated carbocycles. The molecule has 2 rings (SSSR count). The van der Waals surface area contributed by atoms with Gasteiger partial charge in [-0.2, -0.15) is 0 Å². The number of nitrogens with zero attached hydrogens (tertiary/aromatic N) is 1. The Morgan fingerprint density at radius 1 is 1.43 bits per heavy atom. The third kappa shape index (κ3) is 8.76. The fourth-order valence-corrected chi connectivity index (χ4v) is 4.07. The average Bonchev–Trinajstić information content (AvgIpc) is 2.72. The number of nitrogens with one attached hydrogen (secondary N) is 2. The van der Waals surface area contributed by atoms with Crippen molar-refractivity contribution in [3.63, 3.8) is 0 Å². The van der Waals surface area contributed by atoms with Crippen LogP contribution in [-0.4, -0.2) is 59.8 Å². The molecule has 1 aliphatic heterocycles. The topological polar surface area (TPSA) is 123 Å². The van der Waals surface area contributed by atoms with Gasteiger partial charge in [0.15, 0.2) is 0 Å². The quantitative estimate of drug-likeness (QED) is 0.241. The Kier molecular flexibility index (Phi) is 9.67. The second-order valence-electron chi connectivity index (χ2n) is 7.86. The van der Waals surface area contributed by atoms with E-state index in [4.69, 9.17) is 4.74 Å². The van der Waals surface area contributed by atoms with E-state index in [0.717, 1.165) is 17.9 Å². The zero-order valence-corrected chi connectivity index (χ0v) is 18.3. The second kappa shape index (κ2) is 12.0. The summed E-state index contributed by atoms with van der Waals surface area (Å²) in [7, 11) is 0. The van der Waals surface area contributed by atoms with Gasteiger partial charge in [-0.1, -0.05) is 12.1 Å². The Balaban J connectivity index is 1.66. The summed E-state index contributed by atoms with van der Waals surface area (Å²) in [5.74, 6) is 1.70. The highest BCUT2D eigenvalue weighted by Crippen LogP contribution is 2.37. The lowest BCUT2D eigenvalue weighted by atomic mass is 10.1. The molecule has 0 bridgehead atoms. The van der Waals surface area contributed by atoms with Gasteiger partial charge in [-0.15, -0.1) is 21.9 Å². The average molecular weight is 442 g/mol. The Morgan fingerprint density at radius 2 is 2.23 bits per heavy atom. The summed E-state index contributed by atoms with van der Waals surface area (Å²) in [5.41, 5.74) is 0.869. The van der Waals surface area contributed by atoms with Crippen molar-refractivity contribution in [1.82, 2.24) is 10.6 Å². The van der Waals surface area contributed by atoms with Crippen LogP contribution >= 0.6 is 11.8 Å². The molecule has 0 spiro atoms. The van der Waals surface area contributed by atoms with Crippen molar-refractivity contribution in [2.45, 2.75) is 56.1 Å². The van der Waals surface area contributed by atoms with Crippen LogP contribution in [0, 0.1) is 10.1 Å². The molecule has 168 valence electrons. The van der Waals surface area contributed by atoms with Crippen molar-refractivity contribution in [2.24, 2.45) is 0 Å². The van der Waals surface area contributed by atoms with Gasteiger partial charge in [-0.25, -0.2) is 0 Å². The van der Waals surface area contributed by atoms with E-state index in [0.29, 0.717) is 13.1 Å². The van der Waals surface area contributed by atoms with E-state index in [-0.39, 0.29) is 32.0 Å². The van der Waals surface area contributed by atoms with E-state index in [1.807, 2.05) is 26.0 Å². The fraction of sp³-hybridized carbons (Fsp3) is 0.650. The van der Waals surface area contributed by atoms with Crippen LogP contribution in [0.25, 0.3) is 0 Å². The van der Waals surface area contributed by atoms with Crippen LogP contribution in [0.2, 0.25) is 0 Å². The number of aliphatic hydroxyl groups is 1. The number of carbonyl (C=O) groups excluding carboxylic acids is 1. The van der Waals surface area contributed by atoms with Crippen LogP contribution in [0.5, 0.6) is 5.75 Å². The number of rotatable bonds is 13. The van der Waals surface area contributed by atoms with Gasteiger partial charge < -0.3 is 25.3 Å². The summed E-state index contributed by atoms with van der Waals surface area (Å²) in [4.78, 5) is 27.2. The maximum Gasteiger partial charge on any atom is 0.294 e. The number of carbonyl (C=O) groups is 1. The first-order chi connectivity index (χ1) is 14.3. The number of fused-ring (bicyclic) bond motifs is 1. The van der Waals surface area contributed by atoms with E-state index in [1.54, 1.807) is 11.8 Å². The minimum absolute atomic E-state index is 0.0998. The molecule has 0 aromatic heterocycles. The number of amides is 1. The van der Waals surface area contributed by atoms with Gasteiger partial charge in [0.1, 0.15) is 18.5 Å². The van der Waals surface area contributed by atoms with Crippen LogP contribution in [0.3, 0.4) is 0 Å². The Morgan fingerprint density at radius 3 is 3.00 bits per heavy atom. The standard InChI is InChI=1S/C20H31N3O6S/c1-20(2,14-21-18(25)9-4-10-29-23(26)27)22-12-16(24)13-28-17-8-3-6-15-7-5-11-30-19(15)17/h3,6,8,16,22,24H,4-5,7,9-14H2,1-2H3,(H,21,25). The van der Waals surface area contributed by atoms with Crippen molar-refractivity contribution in [2.75, 3.05) is 32.1 Å². The molecule has 1 aliphatic rings. The van der Waals surface area contributed by atoms with Crippen LogP contribution in [0.15, 0.2) is 23.1 Å². The van der Waals surface area contributed by atoms with Crippen molar-refractivity contribution < 1.29 is 24.6 Å². The van der Waals surface area contributed by atoms with Gasteiger partial charge in [0, 0.05) is 25.0 Å². The van der Waals surface area contributed by atoms with Gasteiger partial charge in [-0.05, 0) is 50.5 Å². The minimum atomic E-state index is -0.870. The zero-order chi connectivity index (χ0) is 22.0. The van der Waals surface area contributed by atoms with E-state index in [2.05, 4.69) is 21.5 Å². The normalized spacial score (nSPS) is 14.5. The van der Waals surface area contributed by atoms with Gasteiger partial charge >= 0.3 is 0 Å². The first-order valence-electron chi connectivity index (χ1n) is 10.1. The molecular formula is C20H31N3O6S. The molecule has 3 N–H and O–H groups in total. The first kappa shape index (κ1) is 24.2. The number of hydrogen-bond donors (Lipinski definition) is 3. The van der Waals surface area contributed by atoms with Crippen LogP contribution < -0.4 is 15.4 Å². The lowest BCUT2D eigenvalue weighted by Crippen LogP contribution is -2.51. The molecular weight excluding hydrogens is 410 g/mol. The van der Waals surface area contributed by atoms with Crippen molar-refractivity contribution >= 4 is 17.7 Å². The van der Waals surface area contributed by atoms with E-state index in [1.165, 1.54) is 16.9 Å². The summed E-state index contributed by atoms with van der Waals surface area (Å²) in [5, 5.41) is 25.5. The predicted molar refractivity (Wildman–Crippen MR) is 114 cm³/mol. The molecule has 9 nitrogen and oxygen atoms in total. The molecule has 0 saturated heterocycles. The Bertz CT molecular complexity index is 716. The number of hydrogen-bond acceptors (Lipinski definition) is 8. The molecule has 0 fully saturated rings. The number of β-amino-alcohol motifs (C(OH)–C–C–N with tert-alkyl or cyclic N) is 1. The number of ether oxygens (including phenoxy) is 1. The predicted octanol–water partition coefficient (Wildman–Crippen LogP) is 1.94. The number of benzene rings is 1. The van der Waals surface area contributed by atoms with Crippen molar-refractivity contribution in [3.05, 3.63) is 33.9 Å². The zero-order valence-electron chi connectivity index (χ0n) is 17.5. The van der Waals surface area contributed by atoms with Gasteiger partial charge in [-0.3, -0.25) is 4.79 Å². The van der Waals surface area contributed by atoms with E-state index < -0.39 is 16.7 Å². The molecule has 0 aliphatic carbocycles. The maximum atomic E-state index is 11.8. The molecule has 1 aromatic rings. The minimum Gasteiger partial charge on any atom is -0.490 e. The lowest BCUT2D eigenvalue weighted by Gasteiger charge is -2.28. The highest BCUT2D eigenvalue weighted by Gasteiger charge is 2.20. The molecule has 1 atom stereocenters. The Hall–Kier alpha value is -2.04. The summed E-state index contributed by atoms with van der Waals surface area (Å²) >= 11 is 1.80. The summed E-state index contributed by atoms with van der Waals surface area (Å²) in [6.45, 7) is 4.60. The summed E-state index contributed by atoms with van der Waals surface area (Å²) in [6.07, 6.45) is 1.97. The number of aliphatic hydroxyl groups excluding tert-OH is 1. The molecule has 1 heterocycles. The lowest BCUT2D eigenvalue weighted by molar-refractivity contribution is -0.757. The van der Waals surface area contributed by atoms with Crippen LogP contribution in [0.1, 0.15) is 38.7 Å². The summed E-state index contributed by atoms with van der Waals surface area (Å²) < 4.78 is 5.86. The first-order valence-corrected chi connectivity index (χ1v) is 11.1. The molecule has 1 aromatic carbocycles. The highest BCUT2D eigenvalue weighted by molar-refractivity contribution is 7.99. The van der Waals surface area contributed by atoms with Gasteiger partial charge in [0.2, 0.25) is 5.91 Å². The van der Waals surface area contributed by atoms with Crippen molar-refractivity contribution in [3.8, 4) is 5.75 Å². The van der Waals surface area contributed by atoms with Gasteiger partial charge in [0.25, 0.3) is 5.09 Å². The molecule has 0 radical (unpaired) electrons. The number of aryl methyl sites for hydroxylation is 1. The monoisotopic (exact) mass is 441 g/mol. The van der Waals surface area contributed by atoms with E-state index >= 15 is 0 Å². The maximum absolute atomic E-state index is 11.8. The van der Waals surface area contributed by atoms with E-state index in [9.17, 15) is 20.0 Å². The Labute approximate surface area is 181 Å². The second-order valence-corrected chi connectivity index (χ2v) is 8.97. The van der Waals surface area contributed by atoms with Crippen molar-refractivity contribution in [1.29, 1.82) is 0 Å². The highest BCUT2D eigenvalue weighted by atomic mass is 32.2. The largest absolute Gasteiger partial charge is 0.490 e. The smallest absolute Gasteiger partial charge is 0.294 e. The van der Waals surface area contributed by atoms with Gasteiger partial charge in [0.05, 0.1) is 11.5 Å². The third-order valence-electron chi connectivity index (χ3n) is 4.62. The molecule has 30 heavy (non-hydrogen) atoms. The SMILES string of the molecule is CC(C)(CNC(=O)CCCO[N+](=O)[O-])NCC(O)COc1cccc2c1SCCC2.